The van der Waals surface area contributed by atoms with Gasteiger partial charge in [-0.05, 0) is 24.8 Å². The van der Waals surface area contributed by atoms with Crippen LogP contribution in [0.15, 0.2) is 30.3 Å². The summed E-state index contributed by atoms with van der Waals surface area (Å²) in [4.78, 5) is 0. The molecule has 3 nitrogen and oxygen atoms in total. The predicted octanol–water partition coefficient (Wildman–Crippen LogP) is 1.22. The van der Waals surface area contributed by atoms with Gasteiger partial charge in [-0.25, -0.2) is 0 Å². The summed E-state index contributed by atoms with van der Waals surface area (Å²) in [7, 11) is 0. The van der Waals surface area contributed by atoms with Crippen molar-refractivity contribution in [1.29, 1.82) is 0 Å². The van der Waals surface area contributed by atoms with E-state index in [0.29, 0.717) is 6.54 Å². The monoisotopic (exact) mass is 221 g/mol. The van der Waals surface area contributed by atoms with Crippen molar-refractivity contribution in [1.82, 2.24) is 5.32 Å². The summed E-state index contributed by atoms with van der Waals surface area (Å²) >= 11 is 0. The molecular formula is C13H19NO2. The molecule has 1 aliphatic rings. The van der Waals surface area contributed by atoms with Gasteiger partial charge in [-0.3, -0.25) is 0 Å². The second-order valence-electron chi connectivity index (χ2n) is 4.60. The number of β-amino-alcohol motifs (C(OH)–C–C–N with tert-alkyl or cyclic N) is 1. The Labute approximate surface area is 96.1 Å². The molecule has 1 atom stereocenters. The second-order valence-corrected chi connectivity index (χ2v) is 4.60. The highest BCUT2D eigenvalue weighted by atomic mass is 16.3. The van der Waals surface area contributed by atoms with Gasteiger partial charge in [-0.15, -0.1) is 0 Å². The fourth-order valence-corrected chi connectivity index (χ4v) is 2.10. The molecule has 0 bridgehead atoms. The number of aliphatic hydroxyl groups excluding tert-OH is 2. The number of benzene rings is 1. The molecule has 0 spiro atoms. The molecule has 1 aliphatic carbocycles. The Hall–Kier alpha value is -0.900. The molecule has 0 aromatic heterocycles. The van der Waals surface area contributed by atoms with E-state index in [4.69, 9.17) is 0 Å². The van der Waals surface area contributed by atoms with Crippen LogP contribution in [0.4, 0.5) is 0 Å². The first-order valence-corrected chi connectivity index (χ1v) is 5.85. The molecule has 1 aromatic rings. The smallest absolute Gasteiger partial charge is 0.0914 e. The molecular weight excluding hydrogens is 202 g/mol. The van der Waals surface area contributed by atoms with E-state index in [1.54, 1.807) is 0 Å². The van der Waals surface area contributed by atoms with E-state index in [1.165, 1.54) is 0 Å². The van der Waals surface area contributed by atoms with Crippen LogP contribution in [0.1, 0.15) is 30.9 Å². The average Bonchev–Trinajstić information content (AvgIpc) is 2.29. The zero-order valence-corrected chi connectivity index (χ0v) is 9.39. The molecule has 1 fully saturated rings. The van der Waals surface area contributed by atoms with E-state index >= 15 is 0 Å². The van der Waals surface area contributed by atoms with Gasteiger partial charge in [0, 0.05) is 12.1 Å². The number of nitrogens with one attached hydrogen (secondary N) is 1. The van der Waals surface area contributed by atoms with Crippen LogP contribution in [-0.2, 0) is 0 Å². The molecule has 0 radical (unpaired) electrons. The number of hydrogen-bond donors (Lipinski definition) is 3. The highest BCUT2D eigenvalue weighted by Crippen LogP contribution is 2.31. The van der Waals surface area contributed by atoms with Gasteiger partial charge in [-0.1, -0.05) is 30.3 Å². The van der Waals surface area contributed by atoms with E-state index in [0.717, 1.165) is 24.8 Å². The number of rotatable bonds is 5. The van der Waals surface area contributed by atoms with Gasteiger partial charge in [0.1, 0.15) is 0 Å². The predicted molar refractivity (Wildman–Crippen MR) is 63.1 cm³/mol. The van der Waals surface area contributed by atoms with E-state index in [9.17, 15) is 10.2 Å². The molecule has 0 saturated heterocycles. The zero-order valence-electron chi connectivity index (χ0n) is 9.39. The highest BCUT2D eigenvalue weighted by molar-refractivity contribution is 5.17. The van der Waals surface area contributed by atoms with E-state index in [1.807, 2.05) is 30.3 Å². The Morgan fingerprint density at radius 1 is 1.25 bits per heavy atom. The summed E-state index contributed by atoms with van der Waals surface area (Å²) < 4.78 is 0. The largest absolute Gasteiger partial charge is 0.394 e. The molecule has 3 heteroatoms. The average molecular weight is 221 g/mol. The topological polar surface area (TPSA) is 52.5 Å². The highest BCUT2D eigenvalue weighted by Gasteiger charge is 2.35. The maximum Gasteiger partial charge on any atom is 0.0914 e. The summed E-state index contributed by atoms with van der Waals surface area (Å²) in [6, 6.07) is 9.61. The van der Waals surface area contributed by atoms with Crippen LogP contribution >= 0.6 is 0 Å². The fourth-order valence-electron chi connectivity index (χ4n) is 2.10. The van der Waals surface area contributed by atoms with Crippen LogP contribution in [0.25, 0.3) is 0 Å². The fraction of sp³-hybridized carbons (Fsp3) is 0.538. The van der Waals surface area contributed by atoms with Gasteiger partial charge >= 0.3 is 0 Å². The Bertz CT molecular complexity index is 316. The third-order valence-electron chi connectivity index (χ3n) is 3.47. The van der Waals surface area contributed by atoms with Crippen molar-refractivity contribution in [2.75, 3.05) is 13.2 Å². The minimum absolute atomic E-state index is 0.129. The Morgan fingerprint density at radius 2 is 1.94 bits per heavy atom. The molecule has 3 N–H and O–H groups in total. The van der Waals surface area contributed by atoms with Gasteiger partial charge in [0.15, 0.2) is 0 Å². The second kappa shape index (κ2) is 4.95. The van der Waals surface area contributed by atoms with Crippen molar-refractivity contribution in [2.24, 2.45) is 0 Å². The first kappa shape index (κ1) is 11.6. The SMILES string of the molecule is OCC1(NCC(O)c2ccccc2)CCC1. The van der Waals surface area contributed by atoms with Gasteiger partial charge in [0.25, 0.3) is 0 Å². The van der Waals surface area contributed by atoms with Crippen molar-refractivity contribution in [2.45, 2.75) is 30.9 Å². The van der Waals surface area contributed by atoms with Gasteiger partial charge in [-0.2, -0.15) is 0 Å². The summed E-state index contributed by atoms with van der Waals surface area (Å²) in [5, 5.41) is 22.5. The van der Waals surface area contributed by atoms with Crippen molar-refractivity contribution >= 4 is 0 Å². The van der Waals surface area contributed by atoms with Crippen LogP contribution in [-0.4, -0.2) is 28.9 Å². The number of aliphatic hydroxyl groups is 2. The minimum atomic E-state index is -0.495. The lowest BCUT2D eigenvalue weighted by Gasteiger charge is -2.41. The zero-order chi connectivity index (χ0) is 11.4. The van der Waals surface area contributed by atoms with Crippen LogP contribution in [0.5, 0.6) is 0 Å². The normalized spacial score (nSPS) is 20.1. The molecule has 0 heterocycles. The molecule has 0 aliphatic heterocycles. The lowest BCUT2D eigenvalue weighted by atomic mass is 9.77. The van der Waals surface area contributed by atoms with Crippen molar-refractivity contribution in [3.63, 3.8) is 0 Å². The summed E-state index contributed by atoms with van der Waals surface area (Å²) in [5.74, 6) is 0. The van der Waals surface area contributed by atoms with Gasteiger partial charge in [0.05, 0.1) is 12.7 Å². The van der Waals surface area contributed by atoms with Gasteiger partial charge in [0.2, 0.25) is 0 Å². The molecule has 2 rings (SSSR count). The molecule has 0 amide bonds. The van der Waals surface area contributed by atoms with Crippen molar-refractivity contribution in [3.8, 4) is 0 Å². The maximum atomic E-state index is 9.95. The third kappa shape index (κ3) is 2.43. The summed E-state index contributed by atoms with van der Waals surface area (Å²) in [6.07, 6.45) is 2.68. The Morgan fingerprint density at radius 3 is 2.44 bits per heavy atom. The van der Waals surface area contributed by atoms with Gasteiger partial charge < -0.3 is 15.5 Å². The standard InChI is InChI=1S/C13H19NO2/c15-10-13(7-4-8-13)14-9-12(16)11-5-2-1-3-6-11/h1-3,5-6,12,14-16H,4,7-10H2. The van der Waals surface area contributed by atoms with E-state index in [2.05, 4.69) is 5.32 Å². The third-order valence-corrected chi connectivity index (χ3v) is 3.47. The first-order chi connectivity index (χ1) is 7.76. The van der Waals surface area contributed by atoms with E-state index in [-0.39, 0.29) is 12.1 Å². The lowest BCUT2D eigenvalue weighted by molar-refractivity contribution is 0.0687. The van der Waals surface area contributed by atoms with Crippen LogP contribution < -0.4 is 5.32 Å². The van der Waals surface area contributed by atoms with Crippen LogP contribution in [0.3, 0.4) is 0 Å². The molecule has 88 valence electrons. The Balaban J connectivity index is 1.86. The van der Waals surface area contributed by atoms with Crippen LogP contribution in [0.2, 0.25) is 0 Å². The lowest BCUT2D eigenvalue weighted by Crippen LogP contribution is -2.54. The summed E-state index contributed by atoms with van der Waals surface area (Å²) in [5.41, 5.74) is 0.790. The molecule has 1 unspecified atom stereocenters. The quantitative estimate of drug-likeness (QED) is 0.701. The maximum absolute atomic E-state index is 9.95. The van der Waals surface area contributed by atoms with Crippen molar-refractivity contribution < 1.29 is 10.2 Å². The minimum Gasteiger partial charge on any atom is -0.394 e. The molecule has 1 saturated carbocycles. The number of hydrogen-bond acceptors (Lipinski definition) is 3. The molecule has 1 aromatic carbocycles. The first-order valence-electron chi connectivity index (χ1n) is 5.85. The van der Waals surface area contributed by atoms with E-state index < -0.39 is 6.10 Å². The summed E-state index contributed by atoms with van der Waals surface area (Å²) in [6.45, 7) is 0.666. The van der Waals surface area contributed by atoms with Crippen LogP contribution in [0, 0.1) is 0 Å². The Kier molecular flexibility index (Phi) is 3.59. The van der Waals surface area contributed by atoms with Crippen molar-refractivity contribution in [3.05, 3.63) is 35.9 Å². The molecule has 16 heavy (non-hydrogen) atoms.